The van der Waals surface area contributed by atoms with Crippen molar-refractivity contribution in [2.45, 2.75) is 20.3 Å². The Morgan fingerprint density at radius 1 is 1.14 bits per heavy atom. The molecule has 2 aromatic heterocycles. The molecule has 5 aromatic rings. The third kappa shape index (κ3) is 4.21. The van der Waals surface area contributed by atoms with Gasteiger partial charge in [0.25, 0.3) is 0 Å². The fourth-order valence-corrected chi connectivity index (χ4v) is 5.77. The molecule has 176 valence electrons. The quantitative estimate of drug-likeness (QED) is 0.168. The molecule has 0 saturated heterocycles. The molecule has 0 fully saturated rings. The summed E-state index contributed by atoms with van der Waals surface area (Å²) in [5.41, 5.74) is 12.2. The number of hydrogen-bond donors (Lipinski definition) is 3. The lowest BCUT2D eigenvalue weighted by molar-refractivity contribution is 0.637. The Balaban J connectivity index is 1.46. The maximum Gasteiger partial charge on any atom is 0.147 e. The van der Waals surface area contributed by atoms with Crippen LogP contribution in [0.1, 0.15) is 21.7 Å². The van der Waals surface area contributed by atoms with Crippen molar-refractivity contribution in [2.24, 2.45) is 10.7 Å². The van der Waals surface area contributed by atoms with E-state index in [9.17, 15) is 4.39 Å². The summed E-state index contributed by atoms with van der Waals surface area (Å²) >= 11 is 1.61. The molecule has 0 aliphatic heterocycles. The number of fused-ring (bicyclic) bond motifs is 2. The first-order chi connectivity index (χ1) is 17.0. The highest BCUT2D eigenvalue weighted by Gasteiger charge is 2.16. The first-order valence-corrected chi connectivity index (χ1v) is 12.4. The molecule has 6 heteroatoms. The van der Waals surface area contributed by atoms with E-state index in [1.165, 1.54) is 16.8 Å². The Labute approximate surface area is 208 Å². The third-order valence-electron chi connectivity index (χ3n) is 6.35. The predicted molar refractivity (Wildman–Crippen MR) is 148 cm³/mol. The number of hydrogen-bond acceptors (Lipinski definition) is 3. The second kappa shape index (κ2) is 9.39. The van der Waals surface area contributed by atoms with Crippen molar-refractivity contribution in [1.82, 2.24) is 4.98 Å². The number of aromatic nitrogens is 1. The van der Waals surface area contributed by atoms with Gasteiger partial charge in [0.15, 0.2) is 0 Å². The fourth-order valence-electron chi connectivity index (χ4n) is 4.69. The Bertz CT molecular complexity index is 1590. The van der Waals surface area contributed by atoms with E-state index in [0.717, 1.165) is 43.2 Å². The molecule has 3 aromatic carbocycles. The topological polar surface area (TPSA) is 66.2 Å². The number of halogens is 1. The zero-order chi connectivity index (χ0) is 24.5. The molecule has 35 heavy (non-hydrogen) atoms. The number of aromatic amines is 1. The summed E-state index contributed by atoms with van der Waals surface area (Å²) in [4.78, 5) is 9.89. The van der Waals surface area contributed by atoms with E-state index in [4.69, 9.17) is 10.7 Å². The van der Waals surface area contributed by atoms with E-state index in [1.807, 2.05) is 26.0 Å². The number of nitrogens with one attached hydrogen (secondary N) is 2. The van der Waals surface area contributed by atoms with Gasteiger partial charge in [-0.3, -0.25) is 4.99 Å². The van der Waals surface area contributed by atoms with Crippen LogP contribution in [-0.2, 0) is 6.42 Å². The zero-order valence-electron chi connectivity index (χ0n) is 19.8. The summed E-state index contributed by atoms with van der Waals surface area (Å²) in [5, 5.41) is 6.55. The van der Waals surface area contributed by atoms with Crippen LogP contribution >= 0.6 is 11.3 Å². The first kappa shape index (κ1) is 22.9. The molecule has 0 saturated carbocycles. The van der Waals surface area contributed by atoms with Crippen LogP contribution in [0.5, 0.6) is 0 Å². The maximum atomic E-state index is 14.3. The third-order valence-corrected chi connectivity index (χ3v) is 7.54. The monoisotopic (exact) mass is 482 g/mol. The van der Waals surface area contributed by atoms with Gasteiger partial charge in [0, 0.05) is 22.5 Å². The minimum absolute atomic E-state index is 0.234. The highest BCUT2D eigenvalue weighted by molar-refractivity contribution is 7.18. The molecule has 0 radical (unpaired) electrons. The van der Waals surface area contributed by atoms with Gasteiger partial charge < -0.3 is 16.0 Å². The molecule has 2 heterocycles. The van der Waals surface area contributed by atoms with Gasteiger partial charge in [-0.25, -0.2) is 4.39 Å². The van der Waals surface area contributed by atoms with E-state index in [0.29, 0.717) is 24.3 Å². The Morgan fingerprint density at radius 3 is 2.77 bits per heavy atom. The van der Waals surface area contributed by atoms with Crippen LogP contribution in [0.15, 0.2) is 78.4 Å². The highest BCUT2D eigenvalue weighted by Crippen LogP contribution is 2.38. The van der Waals surface area contributed by atoms with Gasteiger partial charge in [0.2, 0.25) is 0 Å². The number of amidine groups is 1. The molecule has 4 N–H and O–H groups in total. The standard InChI is InChI=1S/C29H27FN4S/c1-4-32-24-16-25(22-11-7-9-19-8-5-6-10-21(19)22)35-28(24)29(31)33-15-14-20-18(3)34-27-23(30)13-12-17(2)26(20)27/h4-13,16,32,34H,1,14-15H2,2-3H3,(H2,31,33). The lowest BCUT2D eigenvalue weighted by Gasteiger charge is -2.05. The zero-order valence-corrected chi connectivity index (χ0v) is 20.6. The Kier molecular flexibility index (Phi) is 6.14. The van der Waals surface area contributed by atoms with Crippen LogP contribution in [0.25, 0.3) is 32.1 Å². The van der Waals surface area contributed by atoms with Crippen molar-refractivity contribution in [2.75, 3.05) is 11.9 Å². The summed E-state index contributed by atoms with van der Waals surface area (Å²) in [6.07, 6.45) is 2.32. The number of nitrogens with two attached hydrogens (primary N) is 1. The molecule has 0 bridgehead atoms. The summed E-state index contributed by atoms with van der Waals surface area (Å²) in [5.74, 6) is 0.244. The van der Waals surface area contributed by atoms with Crippen molar-refractivity contribution in [3.63, 3.8) is 0 Å². The molecule has 0 spiro atoms. The molecule has 0 unspecified atom stereocenters. The van der Waals surface area contributed by atoms with E-state index < -0.39 is 0 Å². The average Bonchev–Trinajstić information content (AvgIpc) is 3.43. The van der Waals surface area contributed by atoms with Crippen molar-refractivity contribution >= 4 is 44.5 Å². The molecule has 5 rings (SSSR count). The maximum absolute atomic E-state index is 14.3. The van der Waals surface area contributed by atoms with Crippen molar-refractivity contribution in [1.29, 1.82) is 0 Å². The van der Waals surface area contributed by atoms with Gasteiger partial charge >= 0.3 is 0 Å². The molecule has 0 amide bonds. The van der Waals surface area contributed by atoms with E-state index >= 15 is 0 Å². The Hall–Kier alpha value is -3.90. The van der Waals surface area contributed by atoms with Gasteiger partial charge in [-0.15, -0.1) is 11.3 Å². The number of thiophene rings is 1. The average molecular weight is 483 g/mol. The first-order valence-electron chi connectivity index (χ1n) is 11.5. The summed E-state index contributed by atoms with van der Waals surface area (Å²) in [6, 6.07) is 20.1. The number of H-pyrrole nitrogens is 1. The van der Waals surface area contributed by atoms with Gasteiger partial charge in [0.05, 0.1) is 16.1 Å². The second-order valence-corrected chi connectivity index (χ2v) is 9.64. The minimum Gasteiger partial charge on any atom is -0.383 e. The van der Waals surface area contributed by atoms with Gasteiger partial charge in [-0.1, -0.05) is 55.1 Å². The van der Waals surface area contributed by atoms with E-state index in [1.54, 1.807) is 17.5 Å². The number of anilines is 1. The molecular weight excluding hydrogens is 455 g/mol. The smallest absolute Gasteiger partial charge is 0.147 e. The number of nitrogens with zero attached hydrogens (tertiary/aromatic N) is 1. The summed E-state index contributed by atoms with van der Waals surface area (Å²) in [7, 11) is 0. The number of aliphatic imine (C=N–C) groups is 1. The number of rotatable bonds is 7. The fraction of sp³-hybridized carbons (Fsp3) is 0.138. The van der Waals surface area contributed by atoms with Crippen LogP contribution in [0.3, 0.4) is 0 Å². The summed E-state index contributed by atoms with van der Waals surface area (Å²) < 4.78 is 14.3. The lowest BCUT2D eigenvalue weighted by Crippen LogP contribution is -2.14. The molecule has 0 aliphatic carbocycles. The number of benzene rings is 3. The van der Waals surface area contributed by atoms with E-state index in [-0.39, 0.29) is 5.82 Å². The van der Waals surface area contributed by atoms with Crippen LogP contribution in [0.4, 0.5) is 10.1 Å². The summed E-state index contributed by atoms with van der Waals surface area (Å²) in [6.45, 7) is 8.30. The molecular formula is C29H27FN4S. The second-order valence-electron chi connectivity index (χ2n) is 8.59. The Morgan fingerprint density at radius 2 is 1.94 bits per heavy atom. The highest BCUT2D eigenvalue weighted by atomic mass is 32.1. The van der Waals surface area contributed by atoms with Crippen LogP contribution < -0.4 is 11.1 Å². The van der Waals surface area contributed by atoms with Crippen LogP contribution in [-0.4, -0.2) is 17.4 Å². The lowest BCUT2D eigenvalue weighted by atomic mass is 10.0. The van der Waals surface area contributed by atoms with Gasteiger partial charge in [-0.05, 0) is 66.1 Å². The van der Waals surface area contributed by atoms with Crippen molar-refractivity contribution in [3.05, 3.63) is 101 Å². The SMILES string of the molecule is C=CNc1cc(-c2cccc3ccccc23)sc1C(N)=NCCc1c(C)[nH]c2c(F)ccc(C)c12. The van der Waals surface area contributed by atoms with E-state index in [2.05, 4.69) is 59.3 Å². The van der Waals surface area contributed by atoms with Crippen LogP contribution in [0, 0.1) is 19.7 Å². The van der Waals surface area contributed by atoms with Crippen LogP contribution in [0.2, 0.25) is 0 Å². The molecule has 0 aliphatic rings. The van der Waals surface area contributed by atoms with Crippen molar-refractivity contribution < 1.29 is 4.39 Å². The predicted octanol–water partition coefficient (Wildman–Crippen LogP) is 7.31. The largest absolute Gasteiger partial charge is 0.383 e. The normalized spacial score (nSPS) is 11.9. The van der Waals surface area contributed by atoms with Crippen molar-refractivity contribution in [3.8, 4) is 10.4 Å². The number of aryl methyl sites for hydroxylation is 2. The van der Waals surface area contributed by atoms with Gasteiger partial charge in [-0.2, -0.15) is 0 Å². The molecule has 0 atom stereocenters. The van der Waals surface area contributed by atoms with Gasteiger partial charge in [0.1, 0.15) is 11.7 Å². The molecule has 4 nitrogen and oxygen atoms in total. The minimum atomic E-state index is -0.234.